The number of ether oxygens (including phenoxy) is 1. The largest absolute Gasteiger partial charge is 0.573 e. The van der Waals surface area contributed by atoms with Crippen molar-refractivity contribution in [2.24, 2.45) is 0 Å². The molecule has 0 saturated heterocycles. The van der Waals surface area contributed by atoms with Gasteiger partial charge < -0.3 is 9.84 Å². The highest BCUT2D eigenvalue weighted by atomic mass is 79.9. The van der Waals surface area contributed by atoms with Crippen LogP contribution in [0, 0.1) is 0 Å². The van der Waals surface area contributed by atoms with Crippen molar-refractivity contribution in [3.8, 4) is 5.75 Å². The maximum atomic E-state index is 12.5. The second-order valence-corrected chi connectivity index (χ2v) is 3.57. The van der Waals surface area contributed by atoms with Gasteiger partial charge in [-0.3, -0.25) is 0 Å². The number of alkyl halides is 5. The molecule has 1 N–H and O–H groups in total. The highest BCUT2D eigenvalue weighted by Crippen LogP contribution is 2.37. The van der Waals surface area contributed by atoms with Crippen LogP contribution in [0.1, 0.15) is 17.6 Å². The Morgan fingerprint density at radius 2 is 2.00 bits per heavy atom. The van der Waals surface area contributed by atoms with Gasteiger partial charge in [-0.05, 0) is 15.9 Å². The van der Waals surface area contributed by atoms with Crippen molar-refractivity contribution in [1.82, 2.24) is 4.98 Å². The first-order valence-electron chi connectivity index (χ1n) is 4.08. The molecule has 0 aliphatic rings. The molecule has 0 amide bonds. The fourth-order valence-corrected chi connectivity index (χ4v) is 1.47. The van der Waals surface area contributed by atoms with Crippen LogP contribution in [0.15, 0.2) is 10.8 Å². The number of hydrogen-bond donors (Lipinski definition) is 1. The molecule has 3 nitrogen and oxygen atoms in total. The Bertz CT molecular complexity index is 410. The first kappa shape index (κ1) is 14.1. The molecular formula is C8H5BrF5NO2. The highest BCUT2D eigenvalue weighted by Gasteiger charge is 2.35. The Morgan fingerprint density at radius 3 is 2.41 bits per heavy atom. The second-order valence-electron chi connectivity index (χ2n) is 2.82. The number of pyridine rings is 1. The molecule has 9 heteroatoms. The molecule has 96 valence electrons. The van der Waals surface area contributed by atoms with Crippen LogP contribution < -0.4 is 4.74 Å². The van der Waals surface area contributed by atoms with Crippen molar-refractivity contribution in [3.05, 3.63) is 21.9 Å². The summed E-state index contributed by atoms with van der Waals surface area (Å²) in [6, 6.07) is 0. The van der Waals surface area contributed by atoms with E-state index in [0.29, 0.717) is 6.20 Å². The highest BCUT2D eigenvalue weighted by molar-refractivity contribution is 9.10. The Hall–Kier alpha value is -0.960. The van der Waals surface area contributed by atoms with Crippen molar-refractivity contribution in [2.45, 2.75) is 19.4 Å². The Labute approximate surface area is 100 Å². The quantitative estimate of drug-likeness (QED) is 0.687. The van der Waals surface area contributed by atoms with Crippen LogP contribution in [0.25, 0.3) is 0 Å². The predicted octanol–water partition coefficient (Wildman–Crippen LogP) is 3.17. The van der Waals surface area contributed by atoms with Crippen LogP contribution in [-0.2, 0) is 6.61 Å². The lowest BCUT2D eigenvalue weighted by Crippen LogP contribution is -2.20. The van der Waals surface area contributed by atoms with E-state index in [1.165, 1.54) is 0 Å². The number of aromatic nitrogens is 1. The second kappa shape index (κ2) is 5.13. The van der Waals surface area contributed by atoms with Crippen molar-refractivity contribution >= 4 is 15.9 Å². The van der Waals surface area contributed by atoms with Crippen LogP contribution >= 0.6 is 15.9 Å². The molecule has 0 unspecified atom stereocenters. The zero-order chi connectivity index (χ0) is 13.2. The molecule has 0 bridgehead atoms. The average molecular weight is 322 g/mol. The van der Waals surface area contributed by atoms with Gasteiger partial charge in [0.2, 0.25) is 0 Å². The number of aliphatic hydroxyl groups excluding tert-OH is 1. The van der Waals surface area contributed by atoms with Gasteiger partial charge in [-0.2, -0.15) is 0 Å². The molecule has 1 heterocycles. The Balaban J connectivity index is 3.34. The summed E-state index contributed by atoms with van der Waals surface area (Å²) in [6.45, 7) is -0.917. The molecular weight excluding hydrogens is 317 g/mol. The van der Waals surface area contributed by atoms with Crippen molar-refractivity contribution in [3.63, 3.8) is 0 Å². The van der Waals surface area contributed by atoms with Crippen LogP contribution in [0.2, 0.25) is 0 Å². The van der Waals surface area contributed by atoms with Gasteiger partial charge in [0.25, 0.3) is 6.43 Å². The third-order valence-corrected chi connectivity index (χ3v) is 2.40. The van der Waals surface area contributed by atoms with E-state index in [1.807, 2.05) is 0 Å². The summed E-state index contributed by atoms with van der Waals surface area (Å²) >= 11 is 2.73. The molecule has 0 fully saturated rings. The fraction of sp³-hybridized carbons (Fsp3) is 0.375. The molecule has 0 aromatic carbocycles. The van der Waals surface area contributed by atoms with E-state index in [2.05, 4.69) is 25.7 Å². The van der Waals surface area contributed by atoms with E-state index in [9.17, 15) is 22.0 Å². The smallest absolute Gasteiger partial charge is 0.405 e. The number of halogens is 6. The topological polar surface area (TPSA) is 42.4 Å². The Kier molecular flexibility index (Phi) is 4.26. The van der Waals surface area contributed by atoms with Crippen LogP contribution in [0.5, 0.6) is 5.75 Å². The van der Waals surface area contributed by atoms with Crippen LogP contribution in [0.4, 0.5) is 22.0 Å². The maximum absolute atomic E-state index is 12.5. The van der Waals surface area contributed by atoms with Gasteiger partial charge in [0, 0.05) is 6.20 Å². The lowest BCUT2D eigenvalue weighted by molar-refractivity contribution is -0.275. The van der Waals surface area contributed by atoms with Gasteiger partial charge >= 0.3 is 6.36 Å². The molecule has 1 aromatic heterocycles. The molecule has 0 spiro atoms. The van der Waals surface area contributed by atoms with Gasteiger partial charge in [0.1, 0.15) is 10.4 Å². The molecule has 0 radical (unpaired) electrons. The molecule has 0 aliphatic carbocycles. The van der Waals surface area contributed by atoms with Crippen LogP contribution in [-0.4, -0.2) is 16.5 Å². The summed E-state index contributed by atoms with van der Waals surface area (Å²) in [5, 5.41) is 8.84. The summed E-state index contributed by atoms with van der Waals surface area (Å²) in [4.78, 5) is 3.39. The zero-order valence-electron chi connectivity index (χ0n) is 7.93. The third kappa shape index (κ3) is 3.50. The minimum Gasteiger partial charge on any atom is -0.405 e. The summed E-state index contributed by atoms with van der Waals surface area (Å²) in [7, 11) is 0. The molecule has 1 rings (SSSR count). The normalized spacial score (nSPS) is 12.0. The molecule has 0 saturated carbocycles. The number of nitrogens with zero attached hydrogens (tertiary/aromatic N) is 1. The van der Waals surface area contributed by atoms with E-state index in [0.717, 1.165) is 0 Å². The third-order valence-electron chi connectivity index (χ3n) is 1.71. The Morgan fingerprint density at radius 1 is 1.41 bits per heavy atom. The maximum Gasteiger partial charge on any atom is 0.573 e. The standard InChI is InChI=1S/C8H5BrF5NO2/c9-6-4(2-16)5(17-8(12,13)14)3(1-15-6)7(10)11/h1,7,16H,2H2. The van der Waals surface area contributed by atoms with Gasteiger partial charge in [-0.1, -0.05) is 0 Å². The molecule has 0 atom stereocenters. The van der Waals surface area contributed by atoms with E-state index in [4.69, 9.17) is 5.11 Å². The number of hydrogen-bond acceptors (Lipinski definition) is 3. The van der Waals surface area contributed by atoms with E-state index >= 15 is 0 Å². The minimum atomic E-state index is -5.13. The molecule has 0 aliphatic heterocycles. The minimum absolute atomic E-state index is 0.191. The zero-order valence-corrected chi connectivity index (χ0v) is 9.52. The SMILES string of the molecule is OCc1c(Br)ncc(C(F)F)c1OC(F)(F)F. The van der Waals surface area contributed by atoms with Crippen molar-refractivity contribution in [1.29, 1.82) is 0 Å². The van der Waals surface area contributed by atoms with E-state index < -0.39 is 36.3 Å². The summed E-state index contributed by atoms with van der Waals surface area (Å²) in [5.41, 5.74) is -1.52. The van der Waals surface area contributed by atoms with Gasteiger partial charge in [0.05, 0.1) is 17.7 Å². The van der Waals surface area contributed by atoms with E-state index in [-0.39, 0.29) is 4.60 Å². The van der Waals surface area contributed by atoms with Gasteiger partial charge in [-0.25, -0.2) is 13.8 Å². The first-order chi connectivity index (χ1) is 7.76. The van der Waals surface area contributed by atoms with Gasteiger partial charge in [-0.15, -0.1) is 13.2 Å². The lowest BCUT2D eigenvalue weighted by Gasteiger charge is -2.16. The van der Waals surface area contributed by atoms with Crippen molar-refractivity contribution in [2.75, 3.05) is 0 Å². The number of rotatable bonds is 3. The average Bonchev–Trinajstić information content (AvgIpc) is 2.15. The van der Waals surface area contributed by atoms with E-state index in [1.54, 1.807) is 0 Å². The summed E-state index contributed by atoms with van der Waals surface area (Å²) in [5.74, 6) is -1.13. The first-order valence-corrected chi connectivity index (χ1v) is 4.87. The van der Waals surface area contributed by atoms with Crippen molar-refractivity contribution < 1.29 is 31.8 Å². The molecule has 17 heavy (non-hydrogen) atoms. The summed E-state index contributed by atoms with van der Waals surface area (Å²) < 4.78 is 64.4. The lowest BCUT2D eigenvalue weighted by atomic mass is 10.2. The fourth-order valence-electron chi connectivity index (χ4n) is 1.06. The monoisotopic (exact) mass is 321 g/mol. The van der Waals surface area contributed by atoms with Crippen LogP contribution in [0.3, 0.4) is 0 Å². The molecule has 1 aromatic rings. The van der Waals surface area contributed by atoms with Gasteiger partial charge in [0.15, 0.2) is 0 Å². The number of aliphatic hydroxyl groups is 1. The predicted molar refractivity (Wildman–Crippen MR) is 49.5 cm³/mol. The summed E-state index contributed by atoms with van der Waals surface area (Å²) in [6.07, 6.45) is -7.78.